The molecule has 4 aromatic rings. The topological polar surface area (TPSA) is 140 Å². The van der Waals surface area contributed by atoms with Crippen LogP contribution in [-0.2, 0) is 14.8 Å². The van der Waals surface area contributed by atoms with Gasteiger partial charge in [-0.3, -0.25) is 9.36 Å². The molecule has 2 N–H and O–H groups in total. The Bertz CT molecular complexity index is 1720. The second kappa shape index (κ2) is 9.81. The zero-order chi connectivity index (χ0) is 27.0. The van der Waals surface area contributed by atoms with Crippen molar-refractivity contribution in [2.75, 3.05) is 20.2 Å². The SMILES string of the molecule is COc1ccc(S(=O)(=O)n2c(=O)n(C(C(=O)N3CCC(N)C3)c3ccccc3)c3cc(C#N)ccc32)cc1. The molecule has 0 spiro atoms. The first-order valence-corrected chi connectivity index (χ1v) is 13.4. The van der Waals surface area contributed by atoms with E-state index in [4.69, 9.17) is 10.5 Å². The van der Waals surface area contributed by atoms with Crippen molar-refractivity contribution in [3.05, 3.63) is 94.4 Å². The summed E-state index contributed by atoms with van der Waals surface area (Å²) in [6.07, 6.45) is 0.619. The molecule has 2 unspecified atom stereocenters. The fraction of sp³-hybridized carbons (Fsp3) is 0.222. The van der Waals surface area contributed by atoms with Crippen LogP contribution in [0.2, 0.25) is 0 Å². The molecule has 2 heterocycles. The molecule has 1 fully saturated rings. The Labute approximate surface area is 219 Å². The number of ether oxygens (including phenoxy) is 1. The van der Waals surface area contributed by atoms with Crippen molar-refractivity contribution < 1.29 is 17.9 Å². The van der Waals surface area contributed by atoms with Gasteiger partial charge >= 0.3 is 5.69 Å². The van der Waals surface area contributed by atoms with Crippen LogP contribution in [0.5, 0.6) is 5.75 Å². The number of fused-ring (bicyclic) bond motifs is 1. The molecule has 0 bridgehead atoms. The Morgan fingerprint density at radius 3 is 2.39 bits per heavy atom. The number of amides is 1. The summed E-state index contributed by atoms with van der Waals surface area (Å²) in [6.45, 7) is 0.744. The van der Waals surface area contributed by atoms with E-state index >= 15 is 0 Å². The smallest absolute Gasteiger partial charge is 0.344 e. The lowest BCUT2D eigenvalue weighted by molar-refractivity contribution is -0.132. The van der Waals surface area contributed by atoms with E-state index in [9.17, 15) is 23.3 Å². The highest BCUT2D eigenvalue weighted by molar-refractivity contribution is 7.90. The molecule has 1 aliphatic rings. The van der Waals surface area contributed by atoms with Crippen molar-refractivity contribution in [2.24, 2.45) is 5.73 Å². The van der Waals surface area contributed by atoms with Crippen LogP contribution < -0.4 is 16.2 Å². The van der Waals surface area contributed by atoms with Gasteiger partial charge in [-0.05, 0) is 54.4 Å². The van der Waals surface area contributed by atoms with Crippen LogP contribution in [0.1, 0.15) is 23.6 Å². The molecule has 2 atom stereocenters. The van der Waals surface area contributed by atoms with Crippen LogP contribution in [0, 0.1) is 11.3 Å². The predicted molar refractivity (Wildman–Crippen MR) is 140 cm³/mol. The number of carbonyl (C=O) groups is 1. The van der Waals surface area contributed by atoms with E-state index < -0.39 is 21.8 Å². The first-order valence-electron chi connectivity index (χ1n) is 11.9. The lowest BCUT2D eigenvalue weighted by Crippen LogP contribution is -2.41. The quantitative estimate of drug-likeness (QED) is 0.402. The number of nitrogens with zero attached hydrogens (tertiary/aromatic N) is 4. The van der Waals surface area contributed by atoms with Gasteiger partial charge in [-0.2, -0.15) is 9.23 Å². The van der Waals surface area contributed by atoms with Gasteiger partial charge in [0.25, 0.3) is 15.9 Å². The van der Waals surface area contributed by atoms with Gasteiger partial charge in [0, 0.05) is 19.1 Å². The van der Waals surface area contributed by atoms with Gasteiger partial charge in [-0.1, -0.05) is 30.3 Å². The molecule has 11 heteroatoms. The van der Waals surface area contributed by atoms with Crippen molar-refractivity contribution in [1.82, 2.24) is 13.4 Å². The van der Waals surface area contributed by atoms with Gasteiger partial charge in [0.2, 0.25) is 0 Å². The number of likely N-dealkylation sites (tertiary alicyclic amines) is 1. The number of nitriles is 1. The van der Waals surface area contributed by atoms with Gasteiger partial charge < -0.3 is 15.4 Å². The van der Waals surface area contributed by atoms with Gasteiger partial charge in [0.05, 0.1) is 34.7 Å². The number of carbonyl (C=O) groups excluding carboxylic acids is 1. The Balaban J connectivity index is 1.79. The normalized spacial score (nSPS) is 16.3. The molecule has 0 radical (unpaired) electrons. The van der Waals surface area contributed by atoms with Gasteiger partial charge in [-0.15, -0.1) is 0 Å². The Hall–Kier alpha value is -4.40. The first kappa shape index (κ1) is 25.3. The maximum absolute atomic E-state index is 14.1. The molecule has 10 nitrogen and oxygen atoms in total. The molecular formula is C27H25N5O5S. The molecule has 0 saturated carbocycles. The minimum atomic E-state index is -4.39. The Morgan fingerprint density at radius 2 is 1.79 bits per heavy atom. The number of nitrogens with two attached hydrogens (primary N) is 1. The van der Waals surface area contributed by atoms with E-state index in [-0.39, 0.29) is 33.4 Å². The molecule has 1 saturated heterocycles. The summed E-state index contributed by atoms with van der Waals surface area (Å²) in [5, 5.41) is 9.55. The average molecular weight is 532 g/mol. The molecule has 1 aromatic heterocycles. The summed E-state index contributed by atoms with van der Waals surface area (Å²) in [6, 6.07) is 19.3. The molecule has 0 aliphatic carbocycles. The molecule has 1 aliphatic heterocycles. The molecule has 3 aromatic carbocycles. The molecular weight excluding hydrogens is 506 g/mol. The fourth-order valence-electron chi connectivity index (χ4n) is 4.79. The fourth-order valence-corrected chi connectivity index (χ4v) is 6.19. The van der Waals surface area contributed by atoms with Crippen molar-refractivity contribution in [3.8, 4) is 11.8 Å². The largest absolute Gasteiger partial charge is 0.497 e. The highest BCUT2D eigenvalue weighted by Gasteiger charge is 2.36. The number of benzene rings is 3. The standard InChI is InChI=1S/C27H25N5O5S/c1-37-21-8-10-22(11-9-21)38(35,36)32-23-12-7-18(16-28)15-24(23)31(27(32)34)25(19-5-3-2-4-6-19)26(33)30-14-13-20(29)17-30/h2-12,15,20,25H,13-14,17,29H2,1H3. The third kappa shape index (κ3) is 4.23. The zero-order valence-corrected chi connectivity index (χ0v) is 21.3. The second-order valence-electron chi connectivity index (χ2n) is 9.06. The van der Waals surface area contributed by atoms with Crippen LogP contribution in [0.15, 0.2) is 82.5 Å². The highest BCUT2D eigenvalue weighted by Crippen LogP contribution is 2.29. The summed E-state index contributed by atoms with van der Waals surface area (Å²) in [4.78, 5) is 29.4. The van der Waals surface area contributed by atoms with E-state index in [2.05, 4.69) is 0 Å². The van der Waals surface area contributed by atoms with Crippen LogP contribution in [-0.4, -0.2) is 54.0 Å². The minimum absolute atomic E-state index is 0.0525. The number of methoxy groups -OCH3 is 1. The monoisotopic (exact) mass is 531 g/mol. The number of rotatable bonds is 6. The second-order valence-corrected chi connectivity index (χ2v) is 10.8. The number of hydrogen-bond acceptors (Lipinski definition) is 7. The summed E-state index contributed by atoms with van der Waals surface area (Å²) in [5.41, 5.74) is 6.06. The van der Waals surface area contributed by atoms with Crippen molar-refractivity contribution in [2.45, 2.75) is 23.4 Å². The summed E-state index contributed by atoms with van der Waals surface area (Å²) in [5.74, 6) is 0.0745. The van der Waals surface area contributed by atoms with Crippen LogP contribution in [0.4, 0.5) is 0 Å². The number of aromatic nitrogens is 2. The van der Waals surface area contributed by atoms with Crippen molar-refractivity contribution in [3.63, 3.8) is 0 Å². The molecule has 1 amide bonds. The molecule has 194 valence electrons. The minimum Gasteiger partial charge on any atom is -0.497 e. The third-order valence-electron chi connectivity index (χ3n) is 6.70. The van der Waals surface area contributed by atoms with E-state index in [1.807, 2.05) is 6.07 Å². The molecule has 38 heavy (non-hydrogen) atoms. The lowest BCUT2D eigenvalue weighted by atomic mass is 10.0. The van der Waals surface area contributed by atoms with E-state index in [1.165, 1.54) is 54.1 Å². The van der Waals surface area contributed by atoms with Crippen molar-refractivity contribution >= 4 is 27.0 Å². The zero-order valence-electron chi connectivity index (χ0n) is 20.5. The summed E-state index contributed by atoms with van der Waals surface area (Å²) in [7, 11) is -2.93. The third-order valence-corrected chi connectivity index (χ3v) is 8.41. The maximum atomic E-state index is 14.1. The average Bonchev–Trinajstić information content (AvgIpc) is 3.50. The molecule has 5 rings (SSSR count). The van der Waals surface area contributed by atoms with Crippen LogP contribution in [0.3, 0.4) is 0 Å². The van der Waals surface area contributed by atoms with E-state index in [1.54, 1.807) is 35.2 Å². The Morgan fingerprint density at radius 1 is 1.08 bits per heavy atom. The van der Waals surface area contributed by atoms with Crippen LogP contribution in [0.25, 0.3) is 11.0 Å². The number of hydrogen-bond donors (Lipinski definition) is 1. The van der Waals surface area contributed by atoms with E-state index in [0.717, 1.165) is 0 Å². The number of imidazole rings is 1. The van der Waals surface area contributed by atoms with Crippen LogP contribution >= 0.6 is 0 Å². The van der Waals surface area contributed by atoms with Crippen molar-refractivity contribution in [1.29, 1.82) is 5.26 Å². The van der Waals surface area contributed by atoms with Gasteiger partial charge in [0.1, 0.15) is 11.8 Å². The first-order chi connectivity index (χ1) is 18.3. The highest BCUT2D eigenvalue weighted by atomic mass is 32.2. The maximum Gasteiger partial charge on any atom is 0.344 e. The van der Waals surface area contributed by atoms with Gasteiger partial charge in [-0.25, -0.2) is 13.2 Å². The Kier molecular flexibility index (Phi) is 6.52. The summed E-state index contributed by atoms with van der Waals surface area (Å²) >= 11 is 0. The van der Waals surface area contributed by atoms with E-state index in [0.29, 0.717) is 34.8 Å². The summed E-state index contributed by atoms with van der Waals surface area (Å²) < 4.78 is 34.6. The lowest BCUT2D eigenvalue weighted by Gasteiger charge is -2.25. The predicted octanol–water partition coefficient (Wildman–Crippen LogP) is 2.07. The van der Waals surface area contributed by atoms with Gasteiger partial charge in [0.15, 0.2) is 0 Å².